The van der Waals surface area contributed by atoms with E-state index in [0.717, 1.165) is 43.9 Å². The highest BCUT2D eigenvalue weighted by Crippen LogP contribution is 2.40. The second kappa shape index (κ2) is 8.10. The largest absolute Gasteiger partial charge is 0.381 e. The van der Waals surface area contributed by atoms with Crippen LogP contribution in [0.25, 0.3) is 0 Å². The Balaban J connectivity index is 1.51. The zero-order valence-corrected chi connectivity index (χ0v) is 19.6. The van der Waals surface area contributed by atoms with Crippen LogP contribution in [0, 0.1) is 6.92 Å². The molecular weight excluding hydrogens is 408 g/mol. The lowest BCUT2D eigenvalue weighted by molar-refractivity contribution is 0.0707. The van der Waals surface area contributed by atoms with Gasteiger partial charge in [-0.3, -0.25) is 0 Å². The number of aryl methyl sites for hydroxylation is 1. The maximum atomic E-state index is 6.40. The first-order valence-electron chi connectivity index (χ1n) is 11.3. The lowest BCUT2D eigenvalue weighted by Crippen LogP contribution is -2.47. The summed E-state index contributed by atoms with van der Waals surface area (Å²) >= 11 is 6.40. The van der Waals surface area contributed by atoms with Crippen LogP contribution in [-0.4, -0.2) is 41.8 Å². The molecule has 5 rings (SSSR count). The van der Waals surface area contributed by atoms with E-state index in [9.17, 15) is 0 Å². The molecule has 1 aromatic carbocycles. The Morgan fingerprint density at radius 1 is 1.13 bits per heavy atom. The number of piperidine rings is 1. The summed E-state index contributed by atoms with van der Waals surface area (Å²) in [5.74, 6) is 1.52. The first kappa shape index (κ1) is 20.8. The van der Waals surface area contributed by atoms with Crippen LogP contribution in [-0.2, 0) is 17.7 Å². The quantitative estimate of drug-likeness (QED) is 0.493. The van der Waals surface area contributed by atoms with Gasteiger partial charge in [0.1, 0.15) is 5.82 Å². The maximum Gasteiger partial charge on any atom is 0.224 e. The average molecular weight is 439 g/mol. The van der Waals surface area contributed by atoms with Crippen LogP contribution in [0.5, 0.6) is 0 Å². The normalized spacial score (nSPS) is 24.8. The van der Waals surface area contributed by atoms with Crippen LogP contribution >= 0.6 is 11.6 Å². The second-order valence-corrected chi connectivity index (χ2v) is 9.71. The van der Waals surface area contributed by atoms with Crippen molar-refractivity contribution in [2.24, 2.45) is 0 Å². The molecule has 31 heavy (non-hydrogen) atoms. The van der Waals surface area contributed by atoms with E-state index in [0.29, 0.717) is 29.4 Å². The van der Waals surface area contributed by atoms with Gasteiger partial charge in [0.05, 0.1) is 23.9 Å². The smallest absolute Gasteiger partial charge is 0.224 e. The molecule has 4 heterocycles. The summed E-state index contributed by atoms with van der Waals surface area (Å²) in [5, 5.41) is 0.355. The number of rotatable bonds is 4. The first-order chi connectivity index (χ1) is 14.9. The maximum absolute atomic E-state index is 6.40. The van der Waals surface area contributed by atoms with Gasteiger partial charge in [-0.1, -0.05) is 38.1 Å². The number of ether oxygens (including phenoxy) is 1. The number of nitrogens with zero attached hydrogens (tertiary/aromatic N) is 4. The van der Waals surface area contributed by atoms with E-state index in [1.54, 1.807) is 0 Å². The van der Waals surface area contributed by atoms with Crippen LogP contribution in [0.2, 0.25) is 5.28 Å². The summed E-state index contributed by atoms with van der Waals surface area (Å²) in [4.78, 5) is 14.3. The van der Waals surface area contributed by atoms with Gasteiger partial charge in [-0.15, -0.1) is 0 Å². The minimum absolute atomic E-state index is 0.298. The van der Waals surface area contributed by atoms with Crippen molar-refractivity contribution in [3.05, 3.63) is 58.0 Å². The first-order valence-corrected chi connectivity index (χ1v) is 11.7. The summed E-state index contributed by atoms with van der Waals surface area (Å²) in [6.45, 7) is 8.46. The van der Waals surface area contributed by atoms with Gasteiger partial charge in [0.25, 0.3) is 0 Å². The molecule has 1 saturated heterocycles. The molecule has 2 aromatic rings. The predicted molar refractivity (Wildman–Crippen MR) is 126 cm³/mol. The molecule has 1 aromatic heterocycles. The van der Waals surface area contributed by atoms with Crippen LogP contribution in [0.1, 0.15) is 55.0 Å². The predicted octanol–water partition coefficient (Wildman–Crippen LogP) is 5.05. The van der Waals surface area contributed by atoms with Gasteiger partial charge in [0, 0.05) is 37.9 Å². The van der Waals surface area contributed by atoms with Gasteiger partial charge in [0.15, 0.2) is 0 Å². The number of halogens is 1. The van der Waals surface area contributed by atoms with Crippen molar-refractivity contribution in [2.45, 2.75) is 70.7 Å². The standard InChI is InChI=1S/C25H31ClN4O/c1-15(2)17-6-5-16(3)23(11-17)29-10-9-22-21(14-29)24(28-25(26)27-22)30-18-7-8-19(30)13-20(12-18)31-4/h5-8,11,15,18-20H,9-10,12-14H2,1-4H3. The fraction of sp³-hybridized carbons (Fsp3) is 0.520. The van der Waals surface area contributed by atoms with E-state index in [1.807, 2.05) is 7.11 Å². The molecule has 3 aliphatic heterocycles. The van der Waals surface area contributed by atoms with E-state index >= 15 is 0 Å². The highest BCUT2D eigenvalue weighted by molar-refractivity contribution is 6.28. The molecule has 5 nitrogen and oxygen atoms in total. The molecule has 0 saturated carbocycles. The molecule has 2 bridgehead atoms. The number of fused-ring (bicyclic) bond motifs is 3. The Hall–Kier alpha value is -2.11. The number of benzene rings is 1. The highest BCUT2D eigenvalue weighted by Gasteiger charge is 2.40. The third-order valence-electron chi connectivity index (χ3n) is 7.11. The third-order valence-corrected chi connectivity index (χ3v) is 7.28. The highest BCUT2D eigenvalue weighted by atomic mass is 35.5. The SMILES string of the molecule is COC1CC2C=CC(C1)N2c1nc(Cl)nc2c1CN(c1cc(C(C)C)ccc1C)CC2. The molecule has 0 radical (unpaired) electrons. The van der Waals surface area contributed by atoms with Crippen LogP contribution in [0.3, 0.4) is 0 Å². The van der Waals surface area contributed by atoms with Crippen molar-refractivity contribution in [3.63, 3.8) is 0 Å². The molecule has 0 N–H and O–H groups in total. The molecule has 0 spiro atoms. The van der Waals surface area contributed by atoms with E-state index in [1.165, 1.54) is 22.4 Å². The summed E-state index contributed by atoms with van der Waals surface area (Å²) in [5.41, 5.74) is 6.32. The molecule has 3 aliphatic rings. The molecule has 1 fully saturated rings. The van der Waals surface area contributed by atoms with E-state index in [2.05, 4.69) is 65.9 Å². The Kier molecular flexibility index (Phi) is 5.43. The monoisotopic (exact) mass is 438 g/mol. The van der Waals surface area contributed by atoms with Crippen molar-refractivity contribution in [1.29, 1.82) is 0 Å². The van der Waals surface area contributed by atoms with Crippen LogP contribution in [0.4, 0.5) is 11.5 Å². The minimum Gasteiger partial charge on any atom is -0.381 e. The number of aromatic nitrogens is 2. The molecule has 2 atom stereocenters. The van der Waals surface area contributed by atoms with Crippen LogP contribution < -0.4 is 9.80 Å². The lowest BCUT2D eigenvalue weighted by atomic mass is 9.96. The zero-order valence-electron chi connectivity index (χ0n) is 18.8. The number of methoxy groups -OCH3 is 1. The van der Waals surface area contributed by atoms with Crippen molar-refractivity contribution in [2.75, 3.05) is 23.5 Å². The summed E-state index contributed by atoms with van der Waals surface area (Å²) in [6.07, 6.45) is 7.77. The zero-order chi connectivity index (χ0) is 21.7. The topological polar surface area (TPSA) is 41.5 Å². The van der Waals surface area contributed by atoms with Crippen molar-refractivity contribution in [3.8, 4) is 0 Å². The Morgan fingerprint density at radius 2 is 1.87 bits per heavy atom. The Bertz CT molecular complexity index is 1000. The van der Waals surface area contributed by atoms with Crippen LogP contribution in [0.15, 0.2) is 30.4 Å². The van der Waals surface area contributed by atoms with Gasteiger partial charge in [0.2, 0.25) is 5.28 Å². The Labute approximate surface area is 190 Å². The summed E-state index contributed by atoms with van der Waals surface area (Å²) in [6, 6.07) is 7.47. The second-order valence-electron chi connectivity index (χ2n) is 9.37. The lowest BCUT2D eigenvalue weighted by Gasteiger charge is -2.41. The van der Waals surface area contributed by atoms with Gasteiger partial charge >= 0.3 is 0 Å². The molecule has 0 amide bonds. The van der Waals surface area contributed by atoms with E-state index < -0.39 is 0 Å². The average Bonchev–Trinajstić information content (AvgIpc) is 3.02. The minimum atomic E-state index is 0.298. The van der Waals surface area contributed by atoms with E-state index in [4.69, 9.17) is 21.3 Å². The molecule has 0 aliphatic carbocycles. The summed E-state index contributed by atoms with van der Waals surface area (Å²) in [7, 11) is 1.81. The van der Waals surface area contributed by atoms with Crippen molar-refractivity contribution in [1.82, 2.24) is 9.97 Å². The fourth-order valence-corrected chi connectivity index (χ4v) is 5.51. The van der Waals surface area contributed by atoms with Crippen molar-refractivity contribution < 1.29 is 4.74 Å². The van der Waals surface area contributed by atoms with E-state index in [-0.39, 0.29) is 0 Å². The molecular formula is C25H31ClN4O. The molecule has 6 heteroatoms. The number of hydrogen-bond acceptors (Lipinski definition) is 5. The van der Waals surface area contributed by atoms with Gasteiger partial charge < -0.3 is 14.5 Å². The summed E-state index contributed by atoms with van der Waals surface area (Å²) < 4.78 is 5.68. The van der Waals surface area contributed by atoms with Crippen molar-refractivity contribution >= 4 is 23.1 Å². The third kappa shape index (κ3) is 3.72. The number of anilines is 2. The number of hydrogen-bond donors (Lipinski definition) is 0. The molecule has 2 unspecified atom stereocenters. The fourth-order valence-electron chi connectivity index (χ4n) is 5.33. The molecule has 164 valence electrons. The van der Waals surface area contributed by atoms with Gasteiger partial charge in [-0.25, -0.2) is 9.97 Å². The van der Waals surface area contributed by atoms with Gasteiger partial charge in [-0.2, -0.15) is 0 Å². The Morgan fingerprint density at radius 3 is 2.55 bits per heavy atom. The van der Waals surface area contributed by atoms with Gasteiger partial charge in [-0.05, 0) is 54.5 Å².